The molecule has 2 N–H and O–H groups in total. The van der Waals surface area contributed by atoms with E-state index in [9.17, 15) is 5.26 Å². The van der Waals surface area contributed by atoms with Crippen LogP contribution in [0.4, 0.5) is 17.2 Å². The lowest BCUT2D eigenvalue weighted by atomic mass is 10.1. The van der Waals surface area contributed by atoms with E-state index in [4.69, 9.17) is 15.2 Å². The monoisotopic (exact) mass is 415 g/mol. The van der Waals surface area contributed by atoms with Crippen molar-refractivity contribution < 1.29 is 9.47 Å². The number of rotatable bonds is 4. The SMILES string of the molecule is Cc1ccc(Cn2c(C#N)cc(N)c2N2CCN(c3ccc4c(c3)OCO4)CC2)cc1. The summed E-state index contributed by atoms with van der Waals surface area (Å²) in [6, 6.07) is 18.6. The number of aromatic nitrogens is 1. The van der Waals surface area contributed by atoms with E-state index in [1.807, 2.05) is 16.7 Å². The lowest BCUT2D eigenvalue weighted by molar-refractivity contribution is 0.174. The molecule has 1 saturated heterocycles. The summed E-state index contributed by atoms with van der Waals surface area (Å²) in [5.74, 6) is 2.53. The molecular weight excluding hydrogens is 390 g/mol. The van der Waals surface area contributed by atoms with Crippen LogP contribution in [0.1, 0.15) is 16.8 Å². The number of aryl methyl sites for hydroxylation is 1. The Morgan fingerprint density at radius 1 is 0.935 bits per heavy atom. The van der Waals surface area contributed by atoms with E-state index in [2.05, 4.69) is 53.1 Å². The molecule has 1 fully saturated rings. The third-order valence-corrected chi connectivity index (χ3v) is 5.97. The van der Waals surface area contributed by atoms with Crippen LogP contribution >= 0.6 is 0 Å². The van der Waals surface area contributed by atoms with Crippen LogP contribution in [-0.2, 0) is 6.54 Å². The van der Waals surface area contributed by atoms with Gasteiger partial charge >= 0.3 is 0 Å². The van der Waals surface area contributed by atoms with Crippen LogP contribution in [-0.4, -0.2) is 37.5 Å². The predicted molar refractivity (Wildman–Crippen MR) is 121 cm³/mol. The van der Waals surface area contributed by atoms with Crippen molar-refractivity contribution >= 4 is 17.2 Å². The first-order valence-electron chi connectivity index (χ1n) is 10.5. The highest BCUT2D eigenvalue weighted by atomic mass is 16.7. The van der Waals surface area contributed by atoms with E-state index >= 15 is 0 Å². The average molecular weight is 415 g/mol. The van der Waals surface area contributed by atoms with Crippen molar-refractivity contribution in [2.24, 2.45) is 0 Å². The summed E-state index contributed by atoms with van der Waals surface area (Å²) in [4.78, 5) is 4.63. The molecule has 0 bridgehead atoms. The molecule has 7 heteroatoms. The minimum absolute atomic E-state index is 0.283. The van der Waals surface area contributed by atoms with Crippen molar-refractivity contribution in [2.75, 3.05) is 48.5 Å². The molecule has 3 aromatic rings. The molecule has 2 aliphatic heterocycles. The Bertz CT molecular complexity index is 1140. The van der Waals surface area contributed by atoms with E-state index in [0.717, 1.165) is 54.7 Å². The van der Waals surface area contributed by atoms with Crippen molar-refractivity contribution in [2.45, 2.75) is 13.5 Å². The zero-order chi connectivity index (χ0) is 21.4. The number of anilines is 3. The summed E-state index contributed by atoms with van der Waals surface area (Å²) in [6.07, 6.45) is 0. The van der Waals surface area contributed by atoms with Gasteiger partial charge in [0.1, 0.15) is 17.6 Å². The Labute approximate surface area is 181 Å². The fraction of sp³-hybridized carbons (Fsp3) is 0.292. The maximum Gasteiger partial charge on any atom is 0.231 e. The number of piperazine rings is 1. The van der Waals surface area contributed by atoms with Gasteiger partial charge < -0.3 is 29.6 Å². The number of hydrogen-bond acceptors (Lipinski definition) is 6. The minimum Gasteiger partial charge on any atom is -0.454 e. The number of nitrogens with two attached hydrogens (primary N) is 1. The number of ether oxygens (including phenoxy) is 2. The van der Waals surface area contributed by atoms with Crippen molar-refractivity contribution in [1.82, 2.24) is 4.57 Å². The van der Waals surface area contributed by atoms with E-state index in [1.54, 1.807) is 6.07 Å². The molecule has 7 nitrogen and oxygen atoms in total. The van der Waals surface area contributed by atoms with Gasteiger partial charge in [-0.1, -0.05) is 29.8 Å². The van der Waals surface area contributed by atoms with Crippen LogP contribution in [0.25, 0.3) is 0 Å². The first kappa shape index (κ1) is 19.2. The third kappa shape index (κ3) is 3.61. The van der Waals surface area contributed by atoms with Gasteiger partial charge in [-0.15, -0.1) is 0 Å². The zero-order valence-electron chi connectivity index (χ0n) is 17.5. The lowest BCUT2D eigenvalue weighted by Gasteiger charge is -2.38. The molecule has 0 saturated carbocycles. The highest BCUT2D eigenvalue weighted by molar-refractivity contribution is 5.69. The van der Waals surface area contributed by atoms with Crippen molar-refractivity contribution in [1.29, 1.82) is 5.26 Å². The van der Waals surface area contributed by atoms with E-state index in [-0.39, 0.29) is 6.79 Å². The number of nitrogens with zero attached hydrogens (tertiary/aromatic N) is 4. The molecule has 0 unspecified atom stereocenters. The number of fused-ring (bicyclic) bond motifs is 1. The molecule has 0 spiro atoms. The zero-order valence-corrected chi connectivity index (χ0v) is 17.5. The molecule has 2 aromatic carbocycles. The summed E-state index contributed by atoms with van der Waals surface area (Å²) in [7, 11) is 0. The summed E-state index contributed by atoms with van der Waals surface area (Å²) in [5, 5.41) is 9.67. The number of benzene rings is 2. The van der Waals surface area contributed by atoms with E-state index in [1.165, 1.54) is 5.56 Å². The topological polar surface area (TPSA) is 79.7 Å². The van der Waals surface area contributed by atoms with E-state index in [0.29, 0.717) is 17.9 Å². The average Bonchev–Trinajstić information content (AvgIpc) is 3.39. The van der Waals surface area contributed by atoms with Crippen molar-refractivity contribution in [3.8, 4) is 17.6 Å². The molecule has 3 heterocycles. The van der Waals surface area contributed by atoms with Gasteiger partial charge in [-0.25, -0.2) is 0 Å². The van der Waals surface area contributed by atoms with Gasteiger partial charge in [0.2, 0.25) is 6.79 Å². The molecule has 0 radical (unpaired) electrons. The highest BCUT2D eigenvalue weighted by Gasteiger charge is 2.25. The Kier molecular flexibility index (Phi) is 4.83. The first-order chi connectivity index (χ1) is 15.1. The quantitative estimate of drug-likeness (QED) is 0.704. The second kappa shape index (κ2) is 7.80. The Hall–Kier alpha value is -3.79. The summed E-state index contributed by atoms with van der Waals surface area (Å²) in [6.45, 7) is 6.34. The second-order valence-electron chi connectivity index (χ2n) is 8.00. The Morgan fingerprint density at radius 3 is 2.39 bits per heavy atom. The molecular formula is C24H25N5O2. The number of nitriles is 1. The molecule has 0 aliphatic carbocycles. The molecule has 0 amide bonds. The number of hydrogen-bond donors (Lipinski definition) is 1. The van der Waals surface area contributed by atoms with E-state index < -0.39 is 0 Å². The van der Waals surface area contributed by atoms with Gasteiger partial charge in [-0.05, 0) is 30.7 Å². The third-order valence-electron chi connectivity index (χ3n) is 5.97. The van der Waals surface area contributed by atoms with Crippen LogP contribution in [0.2, 0.25) is 0 Å². The minimum atomic E-state index is 0.283. The molecule has 158 valence electrons. The van der Waals surface area contributed by atoms with Gasteiger partial charge in [0.05, 0.1) is 12.2 Å². The van der Waals surface area contributed by atoms with Crippen LogP contribution in [0.3, 0.4) is 0 Å². The molecule has 5 rings (SSSR count). The standard InChI is InChI=1S/C24H25N5O2/c1-17-2-4-18(5-3-17)15-29-20(14-25)12-21(26)24(29)28-10-8-27(9-11-28)19-6-7-22-23(13-19)31-16-30-22/h2-7,12-13H,8-11,15-16,26H2,1H3. The van der Waals surface area contributed by atoms with Gasteiger partial charge in [0.25, 0.3) is 0 Å². The molecule has 0 atom stereocenters. The maximum atomic E-state index is 9.67. The van der Waals surface area contributed by atoms with Crippen molar-refractivity contribution in [3.63, 3.8) is 0 Å². The number of nitrogen functional groups attached to an aromatic ring is 1. The maximum absolute atomic E-state index is 9.67. The largest absolute Gasteiger partial charge is 0.454 e. The van der Waals surface area contributed by atoms with Gasteiger partial charge in [-0.3, -0.25) is 0 Å². The van der Waals surface area contributed by atoms with Crippen LogP contribution < -0.4 is 25.0 Å². The highest BCUT2D eigenvalue weighted by Crippen LogP contribution is 2.36. The Morgan fingerprint density at radius 2 is 1.65 bits per heavy atom. The molecule has 1 aromatic heterocycles. The molecule has 2 aliphatic rings. The second-order valence-corrected chi connectivity index (χ2v) is 8.00. The van der Waals surface area contributed by atoms with Gasteiger partial charge in [0.15, 0.2) is 11.5 Å². The lowest BCUT2D eigenvalue weighted by Crippen LogP contribution is -2.47. The van der Waals surface area contributed by atoms with Crippen LogP contribution in [0, 0.1) is 18.3 Å². The summed E-state index contributed by atoms with van der Waals surface area (Å²) in [5.41, 5.74) is 11.1. The summed E-state index contributed by atoms with van der Waals surface area (Å²) >= 11 is 0. The predicted octanol–water partition coefficient (Wildman–Crippen LogP) is 3.35. The van der Waals surface area contributed by atoms with Gasteiger partial charge in [-0.2, -0.15) is 5.26 Å². The smallest absolute Gasteiger partial charge is 0.231 e. The fourth-order valence-electron chi connectivity index (χ4n) is 4.30. The van der Waals surface area contributed by atoms with Crippen LogP contribution in [0.5, 0.6) is 11.5 Å². The summed E-state index contributed by atoms with van der Waals surface area (Å²) < 4.78 is 13.0. The first-order valence-corrected chi connectivity index (χ1v) is 10.5. The molecule has 31 heavy (non-hydrogen) atoms. The van der Waals surface area contributed by atoms with Gasteiger partial charge in [0, 0.05) is 37.9 Å². The van der Waals surface area contributed by atoms with Crippen molar-refractivity contribution in [3.05, 3.63) is 65.4 Å². The fourth-order valence-corrected chi connectivity index (χ4v) is 4.30. The normalized spacial score (nSPS) is 15.2. The Balaban J connectivity index is 1.36. The van der Waals surface area contributed by atoms with Crippen LogP contribution in [0.15, 0.2) is 48.5 Å².